The van der Waals surface area contributed by atoms with Crippen molar-refractivity contribution in [3.05, 3.63) is 0 Å². The second-order valence-electron chi connectivity index (χ2n) is 5.34. The topological polar surface area (TPSA) is 67.9 Å². The van der Waals surface area contributed by atoms with E-state index in [9.17, 15) is 9.59 Å². The van der Waals surface area contributed by atoms with E-state index in [-0.39, 0.29) is 18.6 Å². The van der Waals surface area contributed by atoms with Crippen molar-refractivity contribution in [1.82, 2.24) is 10.2 Å². The van der Waals surface area contributed by atoms with Gasteiger partial charge in [-0.05, 0) is 20.8 Å². The monoisotopic (exact) mass is 242 g/mol. The van der Waals surface area contributed by atoms with Gasteiger partial charge in [0.2, 0.25) is 5.91 Å². The molecule has 0 aromatic heterocycles. The van der Waals surface area contributed by atoms with Gasteiger partial charge in [0, 0.05) is 6.54 Å². The van der Waals surface area contributed by atoms with Crippen LogP contribution in [-0.2, 0) is 14.3 Å². The Morgan fingerprint density at radius 3 is 2.82 bits per heavy atom. The minimum absolute atomic E-state index is 0.124. The van der Waals surface area contributed by atoms with Crippen molar-refractivity contribution in [2.45, 2.75) is 38.5 Å². The molecule has 0 aromatic carbocycles. The Morgan fingerprint density at radius 2 is 2.18 bits per heavy atom. The fraction of sp³-hybridized carbons (Fsp3) is 0.818. The molecule has 6 nitrogen and oxygen atoms in total. The maximum Gasteiger partial charge on any atom is 0.411 e. The zero-order valence-electron chi connectivity index (χ0n) is 10.4. The summed E-state index contributed by atoms with van der Waals surface area (Å²) in [6.07, 6.45) is -0.439. The quantitative estimate of drug-likeness (QED) is 0.655. The van der Waals surface area contributed by atoms with E-state index in [1.807, 2.05) is 0 Å². The number of carbonyl (C=O) groups is 2. The first-order valence-corrected chi connectivity index (χ1v) is 5.75. The number of nitrogens with zero attached hydrogens (tertiary/aromatic N) is 1. The molecule has 6 heteroatoms. The first kappa shape index (κ1) is 12.2. The molecule has 2 atom stereocenters. The van der Waals surface area contributed by atoms with Gasteiger partial charge in [-0.15, -0.1) is 0 Å². The number of nitrogens with one attached hydrogen (secondary N) is 1. The van der Waals surface area contributed by atoms with Crippen molar-refractivity contribution in [1.29, 1.82) is 0 Å². The minimum atomic E-state index is -0.558. The highest BCUT2D eigenvalue weighted by molar-refractivity contribution is 5.87. The van der Waals surface area contributed by atoms with Crippen LogP contribution in [0.2, 0.25) is 0 Å². The van der Waals surface area contributed by atoms with E-state index in [1.165, 1.54) is 4.90 Å². The van der Waals surface area contributed by atoms with Gasteiger partial charge in [-0.3, -0.25) is 9.69 Å². The first-order chi connectivity index (χ1) is 7.88. The summed E-state index contributed by atoms with van der Waals surface area (Å²) in [5.41, 5.74) is -0.555. The van der Waals surface area contributed by atoms with Crippen molar-refractivity contribution in [3.63, 3.8) is 0 Å². The number of hydrogen-bond acceptors (Lipinski definition) is 4. The summed E-state index contributed by atoms with van der Waals surface area (Å²) in [5.74, 6) is -0.174. The summed E-state index contributed by atoms with van der Waals surface area (Å²) < 4.78 is 10.6. The van der Waals surface area contributed by atoms with Gasteiger partial charge in [-0.25, -0.2) is 4.79 Å². The molecular formula is C11H18N2O4. The van der Waals surface area contributed by atoms with E-state index in [0.29, 0.717) is 13.2 Å². The lowest BCUT2D eigenvalue weighted by molar-refractivity contribution is -0.142. The predicted molar refractivity (Wildman–Crippen MR) is 59.5 cm³/mol. The molecule has 0 unspecified atom stereocenters. The fourth-order valence-electron chi connectivity index (χ4n) is 2.02. The lowest BCUT2D eigenvalue weighted by Gasteiger charge is -2.44. The van der Waals surface area contributed by atoms with E-state index < -0.39 is 17.7 Å². The fourth-order valence-corrected chi connectivity index (χ4v) is 2.02. The Labute approximate surface area is 100 Å². The van der Waals surface area contributed by atoms with Crippen molar-refractivity contribution >= 4 is 12.0 Å². The van der Waals surface area contributed by atoms with Gasteiger partial charge >= 0.3 is 6.09 Å². The highest BCUT2D eigenvalue weighted by Gasteiger charge is 2.44. The summed E-state index contributed by atoms with van der Waals surface area (Å²) in [5, 5.41) is 2.76. The zero-order valence-corrected chi connectivity index (χ0v) is 10.4. The van der Waals surface area contributed by atoms with Gasteiger partial charge in [-0.2, -0.15) is 0 Å². The van der Waals surface area contributed by atoms with Gasteiger partial charge in [-0.1, -0.05) is 0 Å². The van der Waals surface area contributed by atoms with Crippen LogP contribution in [0.4, 0.5) is 4.79 Å². The third-order valence-corrected chi connectivity index (χ3v) is 2.73. The van der Waals surface area contributed by atoms with E-state index in [1.54, 1.807) is 20.8 Å². The maximum absolute atomic E-state index is 12.0. The Hall–Kier alpha value is -1.30. The van der Waals surface area contributed by atoms with Crippen LogP contribution in [-0.4, -0.2) is 54.3 Å². The largest absolute Gasteiger partial charge is 0.444 e. The lowest BCUT2D eigenvalue weighted by atomic mass is 10.1. The smallest absolute Gasteiger partial charge is 0.411 e. The highest BCUT2D eigenvalue weighted by atomic mass is 16.6. The number of fused-ring (bicyclic) bond motifs is 2. The van der Waals surface area contributed by atoms with Crippen LogP contribution in [0.1, 0.15) is 20.8 Å². The second kappa shape index (κ2) is 4.18. The molecule has 2 saturated heterocycles. The number of amides is 2. The van der Waals surface area contributed by atoms with E-state index in [4.69, 9.17) is 9.47 Å². The molecule has 0 radical (unpaired) electrons. The van der Waals surface area contributed by atoms with Crippen LogP contribution in [0.3, 0.4) is 0 Å². The van der Waals surface area contributed by atoms with Crippen molar-refractivity contribution in [2.24, 2.45) is 0 Å². The normalized spacial score (nSPS) is 28.6. The van der Waals surface area contributed by atoms with Crippen LogP contribution < -0.4 is 5.32 Å². The molecule has 96 valence electrons. The molecule has 17 heavy (non-hydrogen) atoms. The molecule has 2 heterocycles. The molecule has 1 N–H and O–H groups in total. The third kappa shape index (κ3) is 2.52. The Morgan fingerprint density at radius 1 is 1.47 bits per heavy atom. The molecule has 2 fully saturated rings. The number of ether oxygens (including phenoxy) is 2. The SMILES string of the molecule is CC(C)(C)OC(=O)N1[C@@H]2CNC(=O)[C@H]1COC2. The Balaban J connectivity index is 2.13. The number of carbonyl (C=O) groups excluding carboxylic acids is 2. The Kier molecular flexibility index (Phi) is 2.99. The molecule has 0 aromatic rings. The van der Waals surface area contributed by atoms with Gasteiger partial charge in [0.15, 0.2) is 0 Å². The van der Waals surface area contributed by atoms with Crippen molar-refractivity contribution in [2.75, 3.05) is 19.8 Å². The highest BCUT2D eigenvalue weighted by Crippen LogP contribution is 2.21. The van der Waals surface area contributed by atoms with E-state index in [2.05, 4.69) is 5.32 Å². The summed E-state index contributed by atoms with van der Waals surface area (Å²) in [6, 6.07) is -0.682. The predicted octanol–water partition coefficient (Wildman–Crippen LogP) is 0.121. The molecule has 0 aliphatic carbocycles. The zero-order chi connectivity index (χ0) is 12.6. The maximum atomic E-state index is 12.0. The average molecular weight is 242 g/mol. The molecule has 2 aliphatic rings. The van der Waals surface area contributed by atoms with Crippen molar-refractivity contribution in [3.8, 4) is 0 Å². The van der Waals surface area contributed by atoms with Crippen LogP contribution in [0.5, 0.6) is 0 Å². The summed E-state index contributed by atoms with van der Waals surface area (Å²) in [6.45, 7) is 6.52. The van der Waals surface area contributed by atoms with Crippen molar-refractivity contribution < 1.29 is 19.1 Å². The molecule has 0 saturated carbocycles. The van der Waals surface area contributed by atoms with Gasteiger partial charge < -0.3 is 14.8 Å². The minimum Gasteiger partial charge on any atom is -0.444 e. The number of rotatable bonds is 0. The third-order valence-electron chi connectivity index (χ3n) is 2.73. The second-order valence-corrected chi connectivity index (χ2v) is 5.34. The lowest BCUT2D eigenvalue weighted by Crippen LogP contribution is -2.68. The van der Waals surface area contributed by atoms with Crippen LogP contribution in [0.25, 0.3) is 0 Å². The summed E-state index contributed by atoms with van der Waals surface area (Å²) in [4.78, 5) is 25.2. The number of piperazine rings is 1. The van der Waals surface area contributed by atoms with Gasteiger partial charge in [0.1, 0.15) is 11.6 Å². The number of morpholine rings is 1. The molecule has 0 spiro atoms. The summed E-state index contributed by atoms with van der Waals surface area (Å²) >= 11 is 0. The van der Waals surface area contributed by atoms with Gasteiger partial charge in [0.05, 0.1) is 19.3 Å². The van der Waals surface area contributed by atoms with Crippen LogP contribution >= 0.6 is 0 Å². The van der Waals surface area contributed by atoms with E-state index in [0.717, 1.165) is 0 Å². The van der Waals surface area contributed by atoms with Crippen LogP contribution in [0, 0.1) is 0 Å². The Bertz CT molecular complexity index is 337. The molecule has 2 rings (SSSR count). The van der Waals surface area contributed by atoms with E-state index >= 15 is 0 Å². The standard InChI is InChI=1S/C11H18N2O4/c1-11(2,3)17-10(15)13-7-4-12-9(14)8(13)6-16-5-7/h7-8H,4-6H2,1-3H3,(H,12,14)/t7-,8-/m1/s1. The average Bonchev–Trinajstić information content (AvgIpc) is 2.21. The van der Waals surface area contributed by atoms with Gasteiger partial charge in [0.25, 0.3) is 0 Å². The molecule has 2 bridgehead atoms. The molecular weight excluding hydrogens is 224 g/mol. The van der Waals surface area contributed by atoms with Crippen LogP contribution in [0.15, 0.2) is 0 Å². The number of hydrogen-bond donors (Lipinski definition) is 1. The molecule has 2 aliphatic heterocycles. The summed E-state index contributed by atoms with van der Waals surface area (Å²) in [7, 11) is 0. The molecule has 2 amide bonds. The first-order valence-electron chi connectivity index (χ1n) is 5.75.